The topological polar surface area (TPSA) is 12.0 Å². The molecule has 0 radical (unpaired) electrons. The second-order valence-corrected chi connectivity index (χ2v) is 5.43. The SMILES string of the molecule is CCC(Cc1ccccc1)NCCc1ccccc1C. The van der Waals surface area contributed by atoms with Gasteiger partial charge in [-0.1, -0.05) is 61.5 Å². The lowest BCUT2D eigenvalue weighted by molar-refractivity contribution is 0.498. The molecule has 1 heteroatoms. The molecule has 1 atom stereocenters. The summed E-state index contributed by atoms with van der Waals surface area (Å²) in [5, 5.41) is 3.69. The van der Waals surface area contributed by atoms with Crippen molar-refractivity contribution in [2.45, 2.75) is 39.2 Å². The number of benzene rings is 2. The van der Waals surface area contributed by atoms with Crippen LogP contribution in [0.25, 0.3) is 0 Å². The predicted octanol–water partition coefficient (Wildman–Crippen LogP) is 4.15. The molecular formula is C19H25N. The van der Waals surface area contributed by atoms with Crippen LogP contribution in [0.3, 0.4) is 0 Å². The maximum absolute atomic E-state index is 3.69. The van der Waals surface area contributed by atoms with E-state index in [-0.39, 0.29) is 0 Å². The van der Waals surface area contributed by atoms with Crippen molar-refractivity contribution in [1.29, 1.82) is 0 Å². The second-order valence-electron chi connectivity index (χ2n) is 5.43. The van der Waals surface area contributed by atoms with E-state index in [0.29, 0.717) is 6.04 Å². The molecule has 1 nitrogen and oxygen atoms in total. The molecule has 2 rings (SSSR count). The van der Waals surface area contributed by atoms with Crippen LogP contribution < -0.4 is 5.32 Å². The zero-order chi connectivity index (χ0) is 14.2. The summed E-state index contributed by atoms with van der Waals surface area (Å²) in [6, 6.07) is 20.0. The molecule has 0 saturated carbocycles. The number of nitrogens with one attached hydrogen (secondary N) is 1. The van der Waals surface area contributed by atoms with Crippen LogP contribution >= 0.6 is 0 Å². The maximum Gasteiger partial charge on any atom is 0.0105 e. The van der Waals surface area contributed by atoms with E-state index in [1.807, 2.05) is 0 Å². The van der Waals surface area contributed by atoms with Crippen molar-refractivity contribution >= 4 is 0 Å². The molecule has 0 bridgehead atoms. The van der Waals surface area contributed by atoms with Gasteiger partial charge in [-0.15, -0.1) is 0 Å². The van der Waals surface area contributed by atoms with Crippen LogP contribution in [0.5, 0.6) is 0 Å². The molecule has 2 aromatic carbocycles. The molecule has 0 amide bonds. The third-order valence-corrected chi connectivity index (χ3v) is 3.91. The molecule has 106 valence electrons. The molecule has 2 aromatic rings. The fourth-order valence-electron chi connectivity index (χ4n) is 2.56. The maximum atomic E-state index is 3.69. The Kier molecular flexibility index (Phi) is 5.82. The van der Waals surface area contributed by atoms with Crippen molar-refractivity contribution in [3.05, 3.63) is 71.3 Å². The van der Waals surface area contributed by atoms with Crippen molar-refractivity contribution in [1.82, 2.24) is 5.32 Å². The largest absolute Gasteiger partial charge is 0.313 e. The van der Waals surface area contributed by atoms with Gasteiger partial charge in [-0.25, -0.2) is 0 Å². The zero-order valence-corrected chi connectivity index (χ0v) is 12.6. The van der Waals surface area contributed by atoms with Gasteiger partial charge in [0.05, 0.1) is 0 Å². The first-order chi connectivity index (χ1) is 9.79. The first-order valence-electron chi connectivity index (χ1n) is 7.61. The van der Waals surface area contributed by atoms with Crippen molar-refractivity contribution in [3.8, 4) is 0 Å². The highest BCUT2D eigenvalue weighted by Crippen LogP contribution is 2.08. The molecule has 0 saturated heterocycles. The van der Waals surface area contributed by atoms with Crippen LogP contribution in [0.4, 0.5) is 0 Å². The first kappa shape index (κ1) is 14.8. The molecule has 0 spiro atoms. The Morgan fingerprint density at radius 2 is 1.65 bits per heavy atom. The third-order valence-electron chi connectivity index (χ3n) is 3.91. The van der Waals surface area contributed by atoms with Crippen molar-refractivity contribution < 1.29 is 0 Å². The fraction of sp³-hybridized carbons (Fsp3) is 0.368. The highest BCUT2D eigenvalue weighted by molar-refractivity contribution is 5.25. The Bertz CT molecular complexity index is 504. The normalized spacial score (nSPS) is 12.3. The fourth-order valence-corrected chi connectivity index (χ4v) is 2.56. The summed E-state index contributed by atoms with van der Waals surface area (Å²) in [5.74, 6) is 0. The van der Waals surface area contributed by atoms with Gasteiger partial charge in [0, 0.05) is 6.04 Å². The Morgan fingerprint density at radius 1 is 0.950 bits per heavy atom. The van der Waals surface area contributed by atoms with Gasteiger partial charge in [0.1, 0.15) is 0 Å². The van der Waals surface area contributed by atoms with Gasteiger partial charge in [0.2, 0.25) is 0 Å². The Balaban J connectivity index is 1.81. The van der Waals surface area contributed by atoms with Crippen LogP contribution in [0.2, 0.25) is 0 Å². The number of hydrogen-bond acceptors (Lipinski definition) is 1. The van der Waals surface area contributed by atoms with E-state index in [9.17, 15) is 0 Å². The van der Waals surface area contributed by atoms with E-state index >= 15 is 0 Å². The molecule has 1 N–H and O–H groups in total. The standard InChI is InChI=1S/C19H25N/c1-3-19(15-17-10-5-4-6-11-17)20-14-13-18-12-8-7-9-16(18)2/h4-12,19-20H,3,13-15H2,1-2H3. The van der Waals surface area contributed by atoms with E-state index in [1.54, 1.807) is 0 Å². The summed E-state index contributed by atoms with van der Waals surface area (Å²) in [5.41, 5.74) is 4.27. The predicted molar refractivity (Wildman–Crippen MR) is 87.1 cm³/mol. The smallest absolute Gasteiger partial charge is 0.0105 e. The molecule has 1 unspecified atom stereocenters. The quantitative estimate of drug-likeness (QED) is 0.794. The Hall–Kier alpha value is -1.60. The Labute approximate surface area is 123 Å². The minimum Gasteiger partial charge on any atom is -0.313 e. The summed E-state index contributed by atoms with van der Waals surface area (Å²) in [4.78, 5) is 0. The van der Waals surface area contributed by atoms with Crippen LogP contribution in [0, 0.1) is 6.92 Å². The second kappa shape index (κ2) is 7.86. The summed E-state index contributed by atoms with van der Waals surface area (Å²) >= 11 is 0. The molecule has 0 aliphatic rings. The minimum atomic E-state index is 0.571. The third kappa shape index (κ3) is 4.50. The van der Waals surface area contributed by atoms with Gasteiger partial charge in [0.15, 0.2) is 0 Å². The molecule has 0 aliphatic carbocycles. The summed E-state index contributed by atoms with van der Waals surface area (Å²) in [6.45, 7) is 5.50. The van der Waals surface area contributed by atoms with E-state index in [2.05, 4.69) is 73.8 Å². The summed E-state index contributed by atoms with van der Waals surface area (Å²) in [6.07, 6.45) is 3.39. The van der Waals surface area contributed by atoms with Crippen molar-refractivity contribution in [2.24, 2.45) is 0 Å². The van der Waals surface area contributed by atoms with Gasteiger partial charge >= 0.3 is 0 Å². The van der Waals surface area contributed by atoms with E-state index in [4.69, 9.17) is 0 Å². The highest BCUT2D eigenvalue weighted by atomic mass is 14.9. The number of aryl methyl sites for hydroxylation is 1. The molecule has 20 heavy (non-hydrogen) atoms. The van der Waals surface area contributed by atoms with Crippen molar-refractivity contribution in [3.63, 3.8) is 0 Å². The number of rotatable bonds is 7. The molecule has 0 aromatic heterocycles. The van der Waals surface area contributed by atoms with Crippen LogP contribution in [-0.2, 0) is 12.8 Å². The monoisotopic (exact) mass is 267 g/mol. The van der Waals surface area contributed by atoms with Crippen LogP contribution in [0.15, 0.2) is 54.6 Å². The summed E-state index contributed by atoms with van der Waals surface area (Å²) < 4.78 is 0. The minimum absolute atomic E-state index is 0.571. The van der Waals surface area contributed by atoms with Gasteiger partial charge in [0.25, 0.3) is 0 Å². The Morgan fingerprint density at radius 3 is 2.35 bits per heavy atom. The first-order valence-corrected chi connectivity index (χ1v) is 7.61. The zero-order valence-electron chi connectivity index (χ0n) is 12.6. The average Bonchev–Trinajstić information content (AvgIpc) is 2.49. The molecule has 0 heterocycles. The molecule has 0 aliphatic heterocycles. The van der Waals surface area contributed by atoms with Gasteiger partial charge < -0.3 is 5.32 Å². The lowest BCUT2D eigenvalue weighted by atomic mass is 10.0. The van der Waals surface area contributed by atoms with Crippen molar-refractivity contribution in [2.75, 3.05) is 6.54 Å². The number of hydrogen-bond donors (Lipinski definition) is 1. The van der Waals surface area contributed by atoms with E-state index in [1.165, 1.54) is 23.1 Å². The van der Waals surface area contributed by atoms with Gasteiger partial charge in [-0.3, -0.25) is 0 Å². The lowest BCUT2D eigenvalue weighted by Gasteiger charge is -2.17. The van der Waals surface area contributed by atoms with E-state index in [0.717, 1.165) is 19.4 Å². The molecular weight excluding hydrogens is 242 g/mol. The van der Waals surface area contributed by atoms with Gasteiger partial charge in [-0.2, -0.15) is 0 Å². The van der Waals surface area contributed by atoms with Crippen LogP contribution in [-0.4, -0.2) is 12.6 Å². The molecule has 0 fully saturated rings. The average molecular weight is 267 g/mol. The lowest BCUT2D eigenvalue weighted by Crippen LogP contribution is -2.32. The van der Waals surface area contributed by atoms with Crippen LogP contribution in [0.1, 0.15) is 30.0 Å². The van der Waals surface area contributed by atoms with E-state index < -0.39 is 0 Å². The summed E-state index contributed by atoms with van der Waals surface area (Å²) in [7, 11) is 0. The van der Waals surface area contributed by atoms with Gasteiger partial charge in [-0.05, 0) is 49.4 Å². The highest BCUT2D eigenvalue weighted by Gasteiger charge is 2.06.